The molecule has 0 aliphatic heterocycles. The fraction of sp³-hybridized carbons (Fsp3) is 0.385. The standard InChI is InChI=1S/C13H14Cl3NO4/c1-12(2,13(14,15)16)21-11(20)17-9(10(18)19)8-6-4-3-5-7-8/h3-7,9H,1-2H3,(H,17,20)(H,18,19)/t9-/m0/s1. The van der Waals surface area contributed by atoms with E-state index in [9.17, 15) is 14.7 Å². The van der Waals surface area contributed by atoms with Crippen LogP contribution >= 0.6 is 34.8 Å². The summed E-state index contributed by atoms with van der Waals surface area (Å²) in [4.78, 5) is 23.1. The van der Waals surface area contributed by atoms with Gasteiger partial charge in [0.05, 0.1) is 0 Å². The van der Waals surface area contributed by atoms with Gasteiger partial charge in [-0.1, -0.05) is 65.1 Å². The van der Waals surface area contributed by atoms with Gasteiger partial charge >= 0.3 is 12.1 Å². The third-order valence-corrected chi connectivity index (χ3v) is 4.04. The lowest BCUT2D eigenvalue weighted by Crippen LogP contribution is -2.45. The van der Waals surface area contributed by atoms with Crippen molar-refractivity contribution in [1.82, 2.24) is 5.32 Å². The van der Waals surface area contributed by atoms with Crippen LogP contribution in [-0.4, -0.2) is 26.6 Å². The number of carboxylic acid groups (broad SMARTS) is 1. The van der Waals surface area contributed by atoms with Gasteiger partial charge in [-0.15, -0.1) is 0 Å². The molecule has 0 bridgehead atoms. The van der Waals surface area contributed by atoms with Gasteiger partial charge in [-0.3, -0.25) is 0 Å². The second-order valence-corrected chi connectivity index (χ2v) is 7.01. The van der Waals surface area contributed by atoms with E-state index in [1.165, 1.54) is 13.8 Å². The average molecular weight is 355 g/mol. The van der Waals surface area contributed by atoms with E-state index < -0.39 is 27.5 Å². The number of aliphatic carboxylic acids is 1. The van der Waals surface area contributed by atoms with Crippen molar-refractivity contribution in [2.75, 3.05) is 0 Å². The molecule has 1 aromatic rings. The molecule has 0 aromatic heterocycles. The predicted molar refractivity (Wildman–Crippen MR) is 80.8 cm³/mol. The fourth-order valence-corrected chi connectivity index (χ4v) is 1.49. The smallest absolute Gasteiger partial charge is 0.408 e. The van der Waals surface area contributed by atoms with Crippen molar-refractivity contribution in [2.45, 2.75) is 29.3 Å². The number of hydrogen-bond acceptors (Lipinski definition) is 3. The quantitative estimate of drug-likeness (QED) is 0.809. The molecular formula is C13H14Cl3NO4. The van der Waals surface area contributed by atoms with E-state index in [4.69, 9.17) is 39.5 Å². The minimum atomic E-state index is -1.85. The van der Waals surface area contributed by atoms with E-state index >= 15 is 0 Å². The Morgan fingerprint density at radius 1 is 1.19 bits per heavy atom. The number of nitrogens with one attached hydrogen (secondary N) is 1. The van der Waals surface area contributed by atoms with Gasteiger partial charge in [0.15, 0.2) is 11.6 Å². The number of rotatable bonds is 4. The molecule has 5 nitrogen and oxygen atoms in total. The Morgan fingerprint density at radius 3 is 2.14 bits per heavy atom. The zero-order valence-electron chi connectivity index (χ0n) is 11.3. The minimum Gasteiger partial charge on any atom is -0.479 e. The van der Waals surface area contributed by atoms with Gasteiger partial charge in [-0.2, -0.15) is 0 Å². The van der Waals surface area contributed by atoms with Crippen molar-refractivity contribution in [2.24, 2.45) is 0 Å². The second-order valence-electron chi connectivity index (χ2n) is 4.72. The van der Waals surface area contributed by atoms with Gasteiger partial charge in [0.2, 0.25) is 3.79 Å². The summed E-state index contributed by atoms with van der Waals surface area (Å²) in [5, 5.41) is 11.4. The molecule has 1 rings (SSSR count). The zero-order chi connectivity index (χ0) is 16.3. The maximum absolute atomic E-state index is 11.8. The summed E-state index contributed by atoms with van der Waals surface area (Å²) >= 11 is 17.1. The average Bonchev–Trinajstić information content (AvgIpc) is 2.34. The summed E-state index contributed by atoms with van der Waals surface area (Å²) in [5.41, 5.74) is -1.03. The lowest BCUT2D eigenvalue weighted by molar-refractivity contribution is -0.139. The highest BCUT2D eigenvalue weighted by atomic mass is 35.6. The molecule has 0 heterocycles. The van der Waals surface area contributed by atoms with Crippen LogP contribution in [0.2, 0.25) is 0 Å². The van der Waals surface area contributed by atoms with Crippen molar-refractivity contribution >= 4 is 46.9 Å². The van der Waals surface area contributed by atoms with E-state index in [1.807, 2.05) is 0 Å². The molecule has 1 amide bonds. The fourth-order valence-electron chi connectivity index (χ4n) is 1.37. The Morgan fingerprint density at radius 2 is 1.71 bits per heavy atom. The van der Waals surface area contributed by atoms with Crippen LogP contribution < -0.4 is 5.32 Å². The Bertz CT molecular complexity index is 514. The van der Waals surface area contributed by atoms with Gasteiger partial charge in [0.1, 0.15) is 0 Å². The highest BCUT2D eigenvalue weighted by Gasteiger charge is 2.44. The van der Waals surface area contributed by atoms with Crippen LogP contribution in [-0.2, 0) is 9.53 Å². The van der Waals surface area contributed by atoms with Crippen LogP contribution in [0.1, 0.15) is 25.5 Å². The third-order valence-electron chi connectivity index (χ3n) is 2.67. The molecule has 0 unspecified atom stereocenters. The van der Waals surface area contributed by atoms with Gasteiger partial charge < -0.3 is 15.2 Å². The van der Waals surface area contributed by atoms with Crippen molar-refractivity contribution in [3.05, 3.63) is 35.9 Å². The number of carbonyl (C=O) groups excluding carboxylic acids is 1. The Labute approximate surface area is 137 Å². The number of carbonyl (C=O) groups is 2. The van der Waals surface area contributed by atoms with E-state index in [1.54, 1.807) is 30.3 Å². The SMILES string of the molecule is CC(C)(OC(=O)N[C@H](C(=O)O)c1ccccc1)C(Cl)(Cl)Cl. The molecule has 0 aliphatic rings. The number of alkyl halides is 3. The first kappa shape index (κ1) is 17.9. The Hall–Kier alpha value is -1.17. The summed E-state index contributed by atoms with van der Waals surface area (Å²) < 4.78 is 3.14. The topological polar surface area (TPSA) is 75.6 Å². The normalized spacial score (nSPS) is 13.4. The maximum Gasteiger partial charge on any atom is 0.408 e. The summed E-state index contributed by atoms with van der Waals surface area (Å²) in [6, 6.07) is 6.92. The monoisotopic (exact) mass is 353 g/mol. The summed E-state index contributed by atoms with van der Waals surface area (Å²) in [7, 11) is 0. The first-order valence-electron chi connectivity index (χ1n) is 5.88. The molecular weight excluding hydrogens is 341 g/mol. The summed E-state index contributed by atoms with van der Waals surface area (Å²) in [5.74, 6) is -1.23. The van der Waals surface area contributed by atoms with E-state index in [-0.39, 0.29) is 0 Å². The van der Waals surface area contributed by atoms with E-state index in [0.717, 1.165) is 0 Å². The first-order chi connectivity index (χ1) is 9.54. The molecule has 0 saturated heterocycles. The van der Waals surface area contributed by atoms with Crippen LogP contribution in [0.4, 0.5) is 4.79 Å². The molecule has 0 fully saturated rings. The molecule has 0 aliphatic carbocycles. The predicted octanol–water partition coefficient (Wildman–Crippen LogP) is 3.69. The first-order valence-corrected chi connectivity index (χ1v) is 7.02. The molecule has 116 valence electrons. The molecule has 2 N–H and O–H groups in total. The summed E-state index contributed by atoms with van der Waals surface area (Å²) in [6.07, 6.45) is -0.998. The number of carboxylic acids is 1. The van der Waals surface area contributed by atoms with Crippen molar-refractivity contribution in [3.63, 3.8) is 0 Å². The molecule has 21 heavy (non-hydrogen) atoms. The highest BCUT2D eigenvalue weighted by Crippen LogP contribution is 2.40. The third kappa shape index (κ3) is 4.95. The lowest BCUT2D eigenvalue weighted by atomic mass is 10.1. The number of benzene rings is 1. The Balaban J connectivity index is 2.82. The molecule has 0 radical (unpaired) electrons. The molecule has 1 aromatic carbocycles. The van der Waals surface area contributed by atoms with Crippen molar-refractivity contribution < 1.29 is 19.4 Å². The number of amides is 1. The minimum absolute atomic E-state index is 0.397. The van der Waals surface area contributed by atoms with Gasteiger partial charge in [0, 0.05) is 0 Å². The molecule has 8 heteroatoms. The van der Waals surface area contributed by atoms with E-state index in [0.29, 0.717) is 5.56 Å². The number of halogens is 3. The molecule has 0 spiro atoms. The van der Waals surface area contributed by atoms with Gasteiger partial charge in [0.25, 0.3) is 0 Å². The van der Waals surface area contributed by atoms with Gasteiger partial charge in [-0.05, 0) is 19.4 Å². The van der Waals surface area contributed by atoms with Crippen LogP contribution in [0.15, 0.2) is 30.3 Å². The van der Waals surface area contributed by atoms with Crippen LogP contribution in [0.25, 0.3) is 0 Å². The van der Waals surface area contributed by atoms with Crippen LogP contribution in [0.5, 0.6) is 0 Å². The maximum atomic E-state index is 11.8. The number of ether oxygens (including phenoxy) is 1. The summed E-state index contributed by atoms with van der Waals surface area (Å²) in [6.45, 7) is 2.80. The molecule has 1 atom stereocenters. The lowest BCUT2D eigenvalue weighted by Gasteiger charge is -2.32. The number of alkyl carbamates (subject to hydrolysis) is 1. The highest BCUT2D eigenvalue weighted by molar-refractivity contribution is 6.68. The largest absolute Gasteiger partial charge is 0.479 e. The van der Waals surface area contributed by atoms with Crippen molar-refractivity contribution in [3.8, 4) is 0 Å². The number of hydrogen-bond donors (Lipinski definition) is 2. The van der Waals surface area contributed by atoms with E-state index in [2.05, 4.69) is 5.32 Å². The van der Waals surface area contributed by atoms with Crippen LogP contribution in [0, 0.1) is 0 Å². The Kier molecular flexibility index (Phi) is 5.73. The second kappa shape index (κ2) is 6.73. The molecule has 0 saturated carbocycles. The van der Waals surface area contributed by atoms with Crippen molar-refractivity contribution in [1.29, 1.82) is 0 Å². The van der Waals surface area contributed by atoms with Crippen LogP contribution in [0.3, 0.4) is 0 Å². The zero-order valence-corrected chi connectivity index (χ0v) is 13.5. The van der Waals surface area contributed by atoms with Gasteiger partial charge in [-0.25, -0.2) is 9.59 Å².